The van der Waals surface area contributed by atoms with Crippen molar-refractivity contribution in [2.24, 2.45) is 0 Å². The lowest BCUT2D eigenvalue weighted by molar-refractivity contribution is 0.0614. The van der Waals surface area contributed by atoms with Crippen LogP contribution in [0.15, 0.2) is 18.2 Å². The van der Waals surface area contributed by atoms with E-state index in [1.54, 1.807) is 17.9 Å². The number of hydrogen-bond donors (Lipinski definition) is 1. The Hall–Kier alpha value is -2.15. The van der Waals surface area contributed by atoms with Gasteiger partial charge in [0.2, 0.25) is 0 Å². The molecule has 0 aliphatic heterocycles. The monoisotopic (exact) mass is 277 g/mol. The summed E-state index contributed by atoms with van der Waals surface area (Å²) >= 11 is 0. The van der Waals surface area contributed by atoms with E-state index in [9.17, 15) is 0 Å². The molecule has 0 spiro atoms. The molecule has 2 N–H and O–H groups in total. The molecule has 0 bridgehead atoms. The van der Waals surface area contributed by atoms with Crippen molar-refractivity contribution in [1.29, 1.82) is 0 Å². The third-order valence-corrected chi connectivity index (χ3v) is 2.84. The predicted molar refractivity (Wildman–Crippen MR) is 75.3 cm³/mol. The van der Waals surface area contributed by atoms with Crippen LogP contribution in [0.25, 0.3) is 11.4 Å². The van der Waals surface area contributed by atoms with Gasteiger partial charge in [-0.3, -0.25) is 0 Å². The van der Waals surface area contributed by atoms with E-state index in [0.717, 1.165) is 5.56 Å². The molecule has 1 heterocycles. The van der Waals surface area contributed by atoms with E-state index in [1.807, 2.05) is 26.0 Å². The van der Waals surface area contributed by atoms with E-state index in [1.165, 1.54) is 0 Å². The van der Waals surface area contributed by atoms with Crippen molar-refractivity contribution in [2.45, 2.75) is 26.5 Å². The molecule has 1 atom stereocenters. The Morgan fingerprint density at radius 3 is 2.85 bits per heavy atom. The number of rotatable bonds is 6. The van der Waals surface area contributed by atoms with Gasteiger partial charge < -0.3 is 15.2 Å². The number of methoxy groups -OCH3 is 1. The van der Waals surface area contributed by atoms with Crippen LogP contribution in [0.3, 0.4) is 0 Å². The number of tetrazole rings is 1. The van der Waals surface area contributed by atoms with Crippen LogP contribution in [0, 0.1) is 0 Å². The Morgan fingerprint density at radius 2 is 2.15 bits per heavy atom. The molecule has 0 saturated heterocycles. The van der Waals surface area contributed by atoms with Crippen LogP contribution in [0.2, 0.25) is 0 Å². The largest absolute Gasteiger partial charge is 0.497 e. The van der Waals surface area contributed by atoms with Gasteiger partial charge in [-0.2, -0.15) is 0 Å². The van der Waals surface area contributed by atoms with E-state index in [-0.39, 0.29) is 6.10 Å². The maximum atomic E-state index is 5.86. The first-order valence-electron chi connectivity index (χ1n) is 6.46. The van der Waals surface area contributed by atoms with Gasteiger partial charge in [0.25, 0.3) is 0 Å². The van der Waals surface area contributed by atoms with Gasteiger partial charge in [0, 0.05) is 23.9 Å². The number of nitrogens with two attached hydrogens (primary N) is 1. The van der Waals surface area contributed by atoms with Crippen LogP contribution >= 0.6 is 0 Å². The fourth-order valence-corrected chi connectivity index (χ4v) is 1.98. The molecule has 0 fully saturated rings. The van der Waals surface area contributed by atoms with Crippen LogP contribution in [-0.4, -0.2) is 40.0 Å². The summed E-state index contributed by atoms with van der Waals surface area (Å²) in [6.07, 6.45) is 0.0326. The molecule has 0 amide bonds. The van der Waals surface area contributed by atoms with E-state index in [0.29, 0.717) is 30.4 Å². The highest BCUT2D eigenvalue weighted by atomic mass is 16.5. The van der Waals surface area contributed by atoms with Gasteiger partial charge in [-0.05, 0) is 36.4 Å². The van der Waals surface area contributed by atoms with Gasteiger partial charge in [0.1, 0.15) is 5.75 Å². The highest BCUT2D eigenvalue weighted by Gasteiger charge is 2.13. The number of ether oxygens (including phenoxy) is 2. The molecule has 2 aromatic rings. The first-order valence-corrected chi connectivity index (χ1v) is 6.46. The summed E-state index contributed by atoms with van der Waals surface area (Å²) in [5, 5.41) is 11.8. The van der Waals surface area contributed by atoms with Crippen molar-refractivity contribution in [3.8, 4) is 17.1 Å². The molecule has 0 radical (unpaired) electrons. The molecule has 1 aromatic heterocycles. The average molecular weight is 277 g/mol. The quantitative estimate of drug-likeness (QED) is 0.802. The SMILES string of the molecule is CCOC(C)Cn1nnnc1-c1cc(N)cc(OC)c1. The molecule has 7 nitrogen and oxygen atoms in total. The molecule has 0 aliphatic rings. The van der Waals surface area contributed by atoms with Crippen molar-refractivity contribution in [3.63, 3.8) is 0 Å². The van der Waals surface area contributed by atoms with Gasteiger partial charge in [0.05, 0.1) is 19.8 Å². The molecular weight excluding hydrogens is 258 g/mol. The van der Waals surface area contributed by atoms with E-state index in [2.05, 4.69) is 15.5 Å². The second kappa shape index (κ2) is 6.33. The number of anilines is 1. The zero-order valence-corrected chi connectivity index (χ0v) is 11.9. The number of nitrogen functional groups attached to an aromatic ring is 1. The van der Waals surface area contributed by atoms with Crippen LogP contribution in [-0.2, 0) is 11.3 Å². The number of hydrogen-bond acceptors (Lipinski definition) is 6. The summed E-state index contributed by atoms with van der Waals surface area (Å²) in [6, 6.07) is 5.42. The molecule has 2 rings (SSSR count). The second-order valence-corrected chi connectivity index (χ2v) is 4.45. The molecule has 0 saturated carbocycles. The summed E-state index contributed by atoms with van der Waals surface area (Å²) in [5.74, 6) is 1.31. The summed E-state index contributed by atoms with van der Waals surface area (Å²) < 4.78 is 12.4. The van der Waals surface area contributed by atoms with Crippen LogP contribution in [0.4, 0.5) is 5.69 Å². The van der Waals surface area contributed by atoms with Crippen LogP contribution < -0.4 is 10.5 Å². The van der Waals surface area contributed by atoms with Crippen molar-refractivity contribution in [1.82, 2.24) is 20.2 Å². The Labute approximate surface area is 117 Å². The topological polar surface area (TPSA) is 88.1 Å². The van der Waals surface area contributed by atoms with Gasteiger partial charge >= 0.3 is 0 Å². The van der Waals surface area contributed by atoms with Gasteiger partial charge in [-0.15, -0.1) is 5.10 Å². The molecule has 108 valence electrons. The predicted octanol–water partition coefficient (Wildman–Crippen LogP) is 1.36. The third-order valence-electron chi connectivity index (χ3n) is 2.84. The maximum absolute atomic E-state index is 5.86. The Bertz CT molecular complexity index is 570. The summed E-state index contributed by atoms with van der Waals surface area (Å²) in [4.78, 5) is 0. The molecule has 0 aliphatic carbocycles. The second-order valence-electron chi connectivity index (χ2n) is 4.45. The molecule has 7 heteroatoms. The molecule has 20 heavy (non-hydrogen) atoms. The number of benzene rings is 1. The van der Waals surface area contributed by atoms with Crippen molar-refractivity contribution < 1.29 is 9.47 Å². The molecule has 1 aromatic carbocycles. The fraction of sp³-hybridized carbons (Fsp3) is 0.462. The smallest absolute Gasteiger partial charge is 0.182 e. The summed E-state index contributed by atoms with van der Waals surface area (Å²) in [6.45, 7) is 5.17. The first-order chi connectivity index (χ1) is 9.63. The van der Waals surface area contributed by atoms with Crippen molar-refractivity contribution >= 4 is 5.69 Å². The van der Waals surface area contributed by atoms with Gasteiger partial charge in [0.15, 0.2) is 5.82 Å². The van der Waals surface area contributed by atoms with E-state index in [4.69, 9.17) is 15.2 Å². The highest BCUT2D eigenvalue weighted by Crippen LogP contribution is 2.25. The van der Waals surface area contributed by atoms with Crippen LogP contribution in [0.5, 0.6) is 5.75 Å². The minimum absolute atomic E-state index is 0.0326. The standard InChI is InChI=1S/C13H19N5O2/c1-4-20-9(2)8-18-13(15-16-17-18)10-5-11(14)7-12(6-10)19-3/h5-7,9H,4,8,14H2,1-3H3. The van der Waals surface area contributed by atoms with Crippen LogP contribution in [0.1, 0.15) is 13.8 Å². The Morgan fingerprint density at radius 1 is 1.35 bits per heavy atom. The lowest BCUT2D eigenvalue weighted by Gasteiger charge is -2.12. The van der Waals surface area contributed by atoms with Crippen molar-refractivity contribution in [3.05, 3.63) is 18.2 Å². The lowest BCUT2D eigenvalue weighted by atomic mass is 10.1. The Kier molecular flexibility index (Phi) is 4.52. The summed E-state index contributed by atoms with van der Waals surface area (Å²) in [7, 11) is 1.60. The average Bonchev–Trinajstić information content (AvgIpc) is 2.86. The van der Waals surface area contributed by atoms with E-state index < -0.39 is 0 Å². The van der Waals surface area contributed by atoms with E-state index >= 15 is 0 Å². The number of nitrogens with zero attached hydrogens (tertiary/aromatic N) is 4. The molecule has 1 unspecified atom stereocenters. The normalized spacial score (nSPS) is 12.3. The number of aromatic nitrogens is 4. The highest BCUT2D eigenvalue weighted by molar-refractivity contribution is 5.64. The minimum Gasteiger partial charge on any atom is -0.497 e. The zero-order valence-electron chi connectivity index (χ0n) is 11.9. The zero-order chi connectivity index (χ0) is 14.5. The fourth-order valence-electron chi connectivity index (χ4n) is 1.98. The van der Waals surface area contributed by atoms with Gasteiger partial charge in [-0.1, -0.05) is 0 Å². The third kappa shape index (κ3) is 3.24. The Balaban J connectivity index is 2.29. The maximum Gasteiger partial charge on any atom is 0.182 e. The minimum atomic E-state index is 0.0326. The first kappa shape index (κ1) is 14.3. The van der Waals surface area contributed by atoms with Crippen molar-refractivity contribution in [2.75, 3.05) is 19.5 Å². The lowest BCUT2D eigenvalue weighted by Crippen LogP contribution is -2.18. The summed E-state index contributed by atoms with van der Waals surface area (Å²) in [5.41, 5.74) is 7.28. The molecular formula is C13H19N5O2. The van der Waals surface area contributed by atoms with Gasteiger partial charge in [-0.25, -0.2) is 4.68 Å².